The second-order valence-corrected chi connectivity index (χ2v) is 13.3. The summed E-state index contributed by atoms with van der Waals surface area (Å²) in [5, 5.41) is 20.8. The predicted octanol–water partition coefficient (Wildman–Crippen LogP) is 13.3. The van der Waals surface area contributed by atoms with Crippen LogP contribution < -0.4 is 4.74 Å². The molecule has 0 amide bonds. The van der Waals surface area contributed by atoms with Crippen LogP contribution in [-0.4, -0.2) is 6.61 Å². The van der Waals surface area contributed by atoms with Crippen molar-refractivity contribution in [1.29, 1.82) is 10.5 Å². The first-order chi connectivity index (χ1) is 23.0. The van der Waals surface area contributed by atoms with Gasteiger partial charge in [-0.3, -0.25) is 0 Å². The summed E-state index contributed by atoms with van der Waals surface area (Å²) in [6.07, 6.45) is 25.9. The van der Waals surface area contributed by atoms with Gasteiger partial charge in [-0.05, 0) is 110 Å². The maximum absolute atomic E-state index is 10.7. The van der Waals surface area contributed by atoms with Crippen LogP contribution in [0.3, 0.4) is 0 Å². The van der Waals surface area contributed by atoms with Crippen LogP contribution in [0.25, 0.3) is 17.2 Å². The van der Waals surface area contributed by atoms with Gasteiger partial charge in [0.05, 0.1) is 29.9 Å². The first-order valence-electron chi connectivity index (χ1n) is 19.1. The molecule has 0 aliphatic carbocycles. The van der Waals surface area contributed by atoms with E-state index in [-0.39, 0.29) is 0 Å². The molecule has 2 aromatic carbocycles. The maximum atomic E-state index is 10.7. The van der Waals surface area contributed by atoms with Crippen molar-refractivity contribution in [2.45, 2.75) is 164 Å². The van der Waals surface area contributed by atoms with Gasteiger partial charge in [0.15, 0.2) is 0 Å². The number of benzene rings is 2. The monoisotopic (exact) mass is 637 g/mol. The van der Waals surface area contributed by atoms with Gasteiger partial charge in [0, 0.05) is 5.56 Å². The van der Waals surface area contributed by atoms with Crippen LogP contribution in [0, 0.1) is 29.6 Å². The number of aryl methyl sites for hydroxylation is 4. The van der Waals surface area contributed by atoms with Crippen LogP contribution in [0.5, 0.6) is 5.75 Å². The zero-order valence-electron chi connectivity index (χ0n) is 30.9. The van der Waals surface area contributed by atoms with E-state index in [4.69, 9.17) is 4.74 Å². The molecule has 256 valence electrons. The number of allylic oxidation sites excluding steroid dienone is 3. The van der Waals surface area contributed by atoms with Gasteiger partial charge in [-0.2, -0.15) is 10.5 Å². The van der Waals surface area contributed by atoms with Crippen LogP contribution in [0.2, 0.25) is 0 Å². The van der Waals surface area contributed by atoms with Crippen molar-refractivity contribution in [2.24, 2.45) is 0 Å². The van der Waals surface area contributed by atoms with Crippen molar-refractivity contribution in [3.05, 3.63) is 69.3 Å². The highest BCUT2D eigenvalue weighted by atomic mass is 16.5. The summed E-state index contributed by atoms with van der Waals surface area (Å²) in [4.78, 5) is 0. The molecule has 3 nitrogen and oxygen atoms in total. The maximum Gasteiger partial charge on any atom is 0.128 e. The molecular formula is C44H64N2O. The Labute approximate surface area is 289 Å². The molecule has 47 heavy (non-hydrogen) atoms. The number of unbranched alkanes of at least 4 members (excludes halogenated alkanes) is 12. The highest BCUT2D eigenvalue weighted by Gasteiger charge is 2.18. The summed E-state index contributed by atoms with van der Waals surface area (Å²) < 4.78 is 6.42. The number of nitriles is 2. The molecule has 0 saturated carbocycles. The van der Waals surface area contributed by atoms with Gasteiger partial charge in [-0.15, -0.1) is 0 Å². The summed E-state index contributed by atoms with van der Waals surface area (Å²) in [5.41, 5.74) is 9.54. The molecule has 0 spiro atoms. The highest BCUT2D eigenvalue weighted by molar-refractivity contribution is 5.93. The first kappa shape index (κ1) is 39.9. The number of hydrogen-bond donors (Lipinski definition) is 0. The average Bonchev–Trinajstić information content (AvgIpc) is 3.08. The molecule has 2 rings (SSSR count). The molecule has 0 saturated heterocycles. The van der Waals surface area contributed by atoms with Crippen molar-refractivity contribution in [3.63, 3.8) is 0 Å². The normalized spacial score (nSPS) is 11.8. The number of hydrogen-bond acceptors (Lipinski definition) is 3. The van der Waals surface area contributed by atoms with Gasteiger partial charge < -0.3 is 4.74 Å². The Morgan fingerprint density at radius 3 is 1.66 bits per heavy atom. The molecule has 0 N–H and O–H groups in total. The lowest BCUT2D eigenvalue weighted by Gasteiger charge is -2.18. The summed E-state index contributed by atoms with van der Waals surface area (Å²) in [6, 6.07) is 14.0. The standard InChI is InChI=1S/C44H64N2O/c1-7-12-16-20-24-37-29-40(38(28-35(37)6)25-21-17-13-8-2)30-41(34-46)42-32-44(47-27-23-19-15-10-4)43(36(11-5)33-45)31-39(42)26-22-18-14-9-3/h11,28-32H,7-10,12-27H2,1-6H3. The van der Waals surface area contributed by atoms with Crippen LogP contribution in [0.15, 0.2) is 30.3 Å². The zero-order chi connectivity index (χ0) is 34.3. The largest absolute Gasteiger partial charge is 0.493 e. The van der Waals surface area contributed by atoms with E-state index in [0.29, 0.717) is 23.5 Å². The minimum atomic E-state index is 0.609. The Bertz CT molecular complexity index is 1350. The molecule has 0 bridgehead atoms. The lowest BCUT2D eigenvalue weighted by atomic mass is 9.88. The van der Waals surface area contributed by atoms with Gasteiger partial charge in [-0.25, -0.2) is 0 Å². The van der Waals surface area contributed by atoms with E-state index in [1.807, 2.05) is 13.0 Å². The molecule has 3 heteroatoms. The lowest BCUT2D eigenvalue weighted by molar-refractivity contribution is 0.304. The summed E-state index contributed by atoms with van der Waals surface area (Å²) >= 11 is 0. The van der Waals surface area contributed by atoms with Gasteiger partial charge in [0.2, 0.25) is 0 Å². The summed E-state index contributed by atoms with van der Waals surface area (Å²) in [6.45, 7) is 13.8. The molecule has 0 aromatic heterocycles. The van der Waals surface area contributed by atoms with E-state index in [2.05, 4.69) is 77.1 Å². The van der Waals surface area contributed by atoms with Crippen LogP contribution in [-0.2, 0) is 19.3 Å². The highest BCUT2D eigenvalue weighted by Crippen LogP contribution is 2.35. The van der Waals surface area contributed by atoms with E-state index < -0.39 is 0 Å². The quantitative estimate of drug-likeness (QED) is 0.0654. The number of rotatable bonds is 24. The van der Waals surface area contributed by atoms with E-state index in [1.54, 1.807) is 0 Å². The fraction of sp³-hybridized carbons (Fsp3) is 0.591. The topological polar surface area (TPSA) is 56.8 Å². The number of ether oxygens (including phenoxy) is 1. The third-order valence-electron chi connectivity index (χ3n) is 9.37. The predicted molar refractivity (Wildman–Crippen MR) is 204 cm³/mol. The van der Waals surface area contributed by atoms with Crippen molar-refractivity contribution in [1.82, 2.24) is 0 Å². The van der Waals surface area contributed by atoms with Gasteiger partial charge in [0.1, 0.15) is 5.75 Å². The molecule has 0 fully saturated rings. The SMILES string of the molecule is CC=C(C#N)c1cc(CCCCCC)c(C(C#N)=Cc2cc(CCCCCC)c(C)cc2CCCCCC)cc1OCCCCCC. The Kier molecular flexibility index (Phi) is 20.3. The van der Waals surface area contributed by atoms with Crippen molar-refractivity contribution in [2.75, 3.05) is 6.61 Å². The van der Waals surface area contributed by atoms with Crippen molar-refractivity contribution >= 4 is 17.2 Å². The summed E-state index contributed by atoms with van der Waals surface area (Å²) in [7, 11) is 0. The van der Waals surface area contributed by atoms with Crippen LogP contribution >= 0.6 is 0 Å². The third-order valence-corrected chi connectivity index (χ3v) is 9.37. The molecular weight excluding hydrogens is 572 g/mol. The number of nitrogens with zero attached hydrogens (tertiary/aromatic N) is 2. The Hall–Kier alpha value is -3.30. The van der Waals surface area contributed by atoms with E-state index in [1.165, 1.54) is 99.3 Å². The fourth-order valence-corrected chi connectivity index (χ4v) is 6.41. The fourth-order valence-electron chi connectivity index (χ4n) is 6.41. The molecule has 0 aliphatic heterocycles. The average molecular weight is 637 g/mol. The van der Waals surface area contributed by atoms with Crippen molar-refractivity contribution in [3.8, 4) is 17.9 Å². The second kappa shape index (κ2) is 23.9. The third kappa shape index (κ3) is 13.8. The van der Waals surface area contributed by atoms with E-state index in [0.717, 1.165) is 61.6 Å². The first-order valence-corrected chi connectivity index (χ1v) is 19.1. The molecule has 0 unspecified atom stereocenters. The molecule has 0 heterocycles. The van der Waals surface area contributed by atoms with Crippen LogP contribution in [0.1, 0.15) is 176 Å². The Balaban J connectivity index is 2.70. The lowest BCUT2D eigenvalue weighted by Crippen LogP contribution is -2.04. The molecule has 2 aromatic rings. The Morgan fingerprint density at radius 2 is 1.13 bits per heavy atom. The molecule has 0 aliphatic rings. The summed E-state index contributed by atoms with van der Waals surface area (Å²) in [5.74, 6) is 0.713. The van der Waals surface area contributed by atoms with E-state index >= 15 is 0 Å². The van der Waals surface area contributed by atoms with Gasteiger partial charge in [-0.1, -0.05) is 123 Å². The molecule has 0 atom stereocenters. The van der Waals surface area contributed by atoms with Gasteiger partial charge in [0.25, 0.3) is 0 Å². The molecule has 0 radical (unpaired) electrons. The van der Waals surface area contributed by atoms with Crippen molar-refractivity contribution < 1.29 is 4.74 Å². The smallest absolute Gasteiger partial charge is 0.128 e. The van der Waals surface area contributed by atoms with Crippen LogP contribution in [0.4, 0.5) is 0 Å². The minimum Gasteiger partial charge on any atom is -0.493 e. The Morgan fingerprint density at radius 1 is 0.596 bits per heavy atom. The van der Waals surface area contributed by atoms with Gasteiger partial charge >= 0.3 is 0 Å². The minimum absolute atomic E-state index is 0.609. The zero-order valence-corrected chi connectivity index (χ0v) is 30.9. The van der Waals surface area contributed by atoms with E-state index in [9.17, 15) is 10.5 Å². The second-order valence-electron chi connectivity index (χ2n) is 13.3.